The van der Waals surface area contributed by atoms with Gasteiger partial charge in [0.1, 0.15) is 11.9 Å². The molecule has 2 aliphatic heterocycles. The van der Waals surface area contributed by atoms with Crippen molar-refractivity contribution in [2.24, 2.45) is 0 Å². The third-order valence-corrected chi connectivity index (χ3v) is 7.52. The van der Waals surface area contributed by atoms with Crippen LogP contribution in [0.1, 0.15) is 66.7 Å². The molecule has 5 rings (SSSR count). The Morgan fingerprint density at radius 2 is 1.58 bits per heavy atom. The Balaban J connectivity index is 1.24. The molecule has 1 aromatic carbocycles. The lowest BCUT2D eigenvalue weighted by atomic mass is 9.90. The van der Waals surface area contributed by atoms with Crippen molar-refractivity contribution in [2.75, 3.05) is 26.2 Å². The third-order valence-electron chi connectivity index (χ3n) is 7.52. The van der Waals surface area contributed by atoms with E-state index >= 15 is 0 Å². The maximum atomic E-state index is 12.9. The number of piperidine rings is 1. The van der Waals surface area contributed by atoms with E-state index in [1.807, 2.05) is 11.0 Å². The van der Waals surface area contributed by atoms with E-state index < -0.39 is 0 Å². The van der Waals surface area contributed by atoms with Crippen LogP contribution in [0.4, 0.5) is 0 Å². The van der Waals surface area contributed by atoms with Crippen LogP contribution in [-0.4, -0.2) is 58.6 Å². The number of carbonyl (C=O) groups is 1. The lowest BCUT2D eigenvalue weighted by Crippen LogP contribution is -2.46. The van der Waals surface area contributed by atoms with Gasteiger partial charge in [-0.05, 0) is 82.7 Å². The van der Waals surface area contributed by atoms with Crippen LogP contribution in [-0.2, 0) is 0 Å². The zero-order valence-electron chi connectivity index (χ0n) is 19.0. The number of nitrogens with zero attached hydrogens (tertiary/aromatic N) is 3. The number of hydrogen-bond acceptors (Lipinski definition) is 3. The van der Waals surface area contributed by atoms with Crippen LogP contribution in [0, 0.1) is 13.8 Å². The second-order valence-corrected chi connectivity index (χ2v) is 9.55. The number of amides is 1. The minimum atomic E-state index is 0.171. The Morgan fingerprint density at radius 1 is 0.903 bits per heavy atom. The summed E-state index contributed by atoms with van der Waals surface area (Å²) in [6.07, 6.45) is 8.97. The summed E-state index contributed by atoms with van der Waals surface area (Å²) in [5, 5.41) is 0. The summed E-state index contributed by atoms with van der Waals surface area (Å²) in [5.74, 6) is 1.12. The minimum Gasteiger partial charge on any atom is -0.490 e. The molecule has 3 fully saturated rings. The average Bonchev–Trinajstić information content (AvgIpc) is 3.37. The molecule has 1 aromatic heterocycles. The Morgan fingerprint density at radius 3 is 2.19 bits per heavy atom. The predicted octanol–water partition coefficient (Wildman–Crippen LogP) is 4.73. The fraction of sp³-hybridized carbons (Fsp3) is 0.577. The second-order valence-electron chi connectivity index (χ2n) is 9.55. The minimum absolute atomic E-state index is 0.171. The third kappa shape index (κ3) is 4.12. The van der Waals surface area contributed by atoms with E-state index in [0.29, 0.717) is 6.10 Å². The van der Waals surface area contributed by atoms with E-state index in [2.05, 4.69) is 47.6 Å². The quantitative estimate of drug-likeness (QED) is 0.701. The first kappa shape index (κ1) is 20.6. The smallest absolute Gasteiger partial charge is 0.255 e. The summed E-state index contributed by atoms with van der Waals surface area (Å²) in [7, 11) is 0. The lowest BCUT2D eigenvalue weighted by Gasteiger charge is -2.41. The first-order chi connectivity index (χ1) is 15.1. The van der Waals surface area contributed by atoms with E-state index in [1.165, 1.54) is 32.4 Å². The maximum absolute atomic E-state index is 12.9. The van der Waals surface area contributed by atoms with Crippen molar-refractivity contribution in [3.63, 3.8) is 0 Å². The van der Waals surface area contributed by atoms with Crippen molar-refractivity contribution in [1.29, 1.82) is 0 Å². The van der Waals surface area contributed by atoms with Gasteiger partial charge in [-0.2, -0.15) is 0 Å². The number of benzene rings is 1. The van der Waals surface area contributed by atoms with Crippen LogP contribution in [0.3, 0.4) is 0 Å². The fourth-order valence-corrected chi connectivity index (χ4v) is 5.44. The first-order valence-corrected chi connectivity index (χ1v) is 12.1. The molecule has 1 amide bonds. The zero-order chi connectivity index (χ0) is 21.4. The number of rotatable bonds is 5. The van der Waals surface area contributed by atoms with Gasteiger partial charge in [0.2, 0.25) is 0 Å². The highest BCUT2D eigenvalue weighted by Crippen LogP contribution is 2.29. The van der Waals surface area contributed by atoms with Crippen LogP contribution in [0.15, 0.2) is 30.3 Å². The first-order valence-electron chi connectivity index (χ1n) is 12.1. The molecule has 0 unspecified atom stereocenters. The van der Waals surface area contributed by atoms with Crippen LogP contribution in [0.2, 0.25) is 0 Å². The van der Waals surface area contributed by atoms with Gasteiger partial charge < -0.3 is 19.1 Å². The van der Waals surface area contributed by atoms with E-state index in [4.69, 9.17) is 4.74 Å². The molecule has 3 heterocycles. The molecule has 0 radical (unpaired) electrons. The van der Waals surface area contributed by atoms with Crippen molar-refractivity contribution in [3.05, 3.63) is 47.3 Å². The van der Waals surface area contributed by atoms with Gasteiger partial charge in [-0.15, -0.1) is 0 Å². The SMILES string of the molecule is Cc1cc(C(=O)N2CCCC2)c(C)n1-c1ccc(OC2CCN(C3CCC3)CC2)cc1. The van der Waals surface area contributed by atoms with Crippen LogP contribution in [0.25, 0.3) is 5.69 Å². The molecule has 5 heteroatoms. The van der Waals surface area contributed by atoms with Crippen molar-refractivity contribution >= 4 is 5.91 Å². The second kappa shape index (κ2) is 8.70. The van der Waals surface area contributed by atoms with Gasteiger partial charge in [-0.1, -0.05) is 6.42 Å². The van der Waals surface area contributed by atoms with Gasteiger partial charge in [-0.3, -0.25) is 4.79 Å². The molecule has 31 heavy (non-hydrogen) atoms. The van der Waals surface area contributed by atoms with Gasteiger partial charge in [0, 0.05) is 49.3 Å². The molecule has 1 aliphatic carbocycles. The highest BCUT2D eigenvalue weighted by atomic mass is 16.5. The standard InChI is InChI=1S/C26H35N3O2/c1-19-18-25(26(30)28-14-3-4-15-28)20(2)29(19)22-8-10-23(11-9-22)31-24-12-16-27(17-13-24)21-6-5-7-21/h8-11,18,21,24H,3-7,12-17H2,1-2H3. The van der Waals surface area contributed by atoms with Gasteiger partial charge in [0.05, 0.1) is 5.56 Å². The molecule has 1 saturated carbocycles. The Hall–Kier alpha value is -2.27. The summed E-state index contributed by atoms with van der Waals surface area (Å²) in [5.41, 5.74) is 4.03. The molecule has 5 nitrogen and oxygen atoms in total. The molecular formula is C26H35N3O2. The Kier molecular flexibility index (Phi) is 5.79. The molecule has 0 N–H and O–H groups in total. The van der Waals surface area contributed by atoms with Crippen molar-refractivity contribution in [2.45, 2.75) is 70.9 Å². The topological polar surface area (TPSA) is 37.7 Å². The highest BCUT2D eigenvalue weighted by molar-refractivity contribution is 5.96. The monoisotopic (exact) mass is 421 g/mol. The summed E-state index contributed by atoms with van der Waals surface area (Å²) in [6, 6.07) is 11.3. The van der Waals surface area contributed by atoms with Crippen molar-refractivity contribution in [1.82, 2.24) is 14.4 Å². The largest absolute Gasteiger partial charge is 0.490 e. The van der Waals surface area contributed by atoms with Crippen LogP contribution >= 0.6 is 0 Å². The van der Waals surface area contributed by atoms with Crippen molar-refractivity contribution in [3.8, 4) is 11.4 Å². The van der Waals surface area contributed by atoms with Gasteiger partial charge in [-0.25, -0.2) is 0 Å². The zero-order valence-corrected chi connectivity index (χ0v) is 19.0. The highest BCUT2D eigenvalue weighted by Gasteiger charge is 2.29. The van der Waals surface area contributed by atoms with Gasteiger partial charge >= 0.3 is 0 Å². The number of carbonyl (C=O) groups excluding carboxylic acids is 1. The van der Waals surface area contributed by atoms with Crippen molar-refractivity contribution < 1.29 is 9.53 Å². The molecule has 166 valence electrons. The molecule has 2 aromatic rings. The van der Waals surface area contributed by atoms with Crippen LogP contribution < -0.4 is 4.74 Å². The fourth-order valence-electron chi connectivity index (χ4n) is 5.44. The summed E-state index contributed by atoms with van der Waals surface area (Å²) >= 11 is 0. The Bertz CT molecular complexity index is 915. The number of hydrogen-bond donors (Lipinski definition) is 0. The van der Waals surface area contributed by atoms with E-state index in [1.54, 1.807) is 0 Å². The Labute approximate surface area is 186 Å². The summed E-state index contributed by atoms with van der Waals surface area (Å²) in [4.78, 5) is 17.6. The molecule has 0 atom stereocenters. The molecular weight excluding hydrogens is 386 g/mol. The molecule has 2 saturated heterocycles. The van der Waals surface area contributed by atoms with E-state index in [0.717, 1.165) is 73.2 Å². The number of aryl methyl sites for hydroxylation is 1. The van der Waals surface area contributed by atoms with Crippen LogP contribution in [0.5, 0.6) is 5.75 Å². The number of aromatic nitrogens is 1. The molecule has 0 bridgehead atoms. The number of ether oxygens (including phenoxy) is 1. The molecule has 3 aliphatic rings. The van der Waals surface area contributed by atoms with E-state index in [-0.39, 0.29) is 5.91 Å². The van der Waals surface area contributed by atoms with Gasteiger partial charge in [0.15, 0.2) is 0 Å². The lowest BCUT2D eigenvalue weighted by molar-refractivity contribution is 0.0493. The van der Waals surface area contributed by atoms with E-state index in [9.17, 15) is 4.79 Å². The number of likely N-dealkylation sites (tertiary alicyclic amines) is 2. The average molecular weight is 422 g/mol. The normalized spacial score (nSPS) is 20.8. The van der Waals surface area contributed by atoms with Gasteiger partial charge in [0.25, 0.3) is 5.91 Å². The maximum Gasteiger partial charge on any atom is 0.255 e. The molecule has 0 spiro atoms. The summed E-state index contributed by atoms with van der Waals surface area (Å²) < 4.78 is 8.49. The predicted molar refractivity (Wildman–Crippen MR) is 123 cm³/mol. The summed E-state index contributed by atoms with van der Waals surface area (Å²) in [6.45, 7) is 8.24.